The second kappa shape index (κ2) is 7.77. The highest BCUT2D eigenvalue weighted by Crippen LogP contribution is 1.99. The van der Waals surface area contributed by atoms with Gasteiger partial charge in [0.05, 0.1) is 0 Å². The molecule has 74 valence electrons. The van der Waals surface area contributed by atoms with E-state index in [2.05, 4.69) is 48.6 Å². The molecule has 0 unspecified atom stereocenters. The standard InChI is InChI=1S/C9H13N.C2H7N/c1-10(2)8-9-6-4-3-5-7-9;1-3-2/h3-7H,8H2,1-2H3;3H,1-2H3. The number of hydrogen-bond donors (Lipinski definition) is 1. The first-order valence-electron chi connectivity index (χ1n) is 4.47. The highest BCUT2D eigenvalue weighted by molar-refractivity contribution is 5.14. The third kappa shape index (κ3) is 7.50. The Labute approximate surface area is 81.6 Å². The molecule has 0 saturated heterocycles. The van der Waals surface area contributed by atoms with Gasteiger partial charge in [0.15, 0.2) is 0 Å². The fourth-order valence-corrected chi connectivity index (χ4v) is 0.949. The quantitative estimate of drug-likeness (QED) is 0.743. The van der Waals surface area contributed by atoms with Crippen LogP contribution >= 0.6 is 0 Å². The van der Waals surface area contributed by atoms with Crippen LogP contribution in [0.15, 0.2) is 30.3 Å². The van der Waals surface area contributed by atoms with Crippen molar-refractivity contribution in [3.8, 4) is 0 Å². The summed E-state index contributed by atoms with van der Waals surface area (Å²) in [5.74, 6) is 0. The predicted molar refractivity (Wildman–Crippen MR) is 58.8 cm³/mol. The van der Waals surface area contributed by atoms with Gasteiger partial charge in [0.2, 0.25) is 0 Å². The van der Waals surface area contributed by atoms with Crippen LogP contribution in [0.2, 0.25) is 0 Å². The zero-order valence-corrected chi connectivity index (χ0v) is 9.04. The SMILES string of the molecule is CN(C)Cc1ccccc1.CNC. The average Bonchev–Trinajstić information content (AvgIpc) is 2.06. The smallest absolute Gasteiger partial charge is 0.0227 e. The first-order chi connectivity index (χ1) is 6.20. The Bertz CT molecular complexity index is 195. The lowest BCUT2D eigenvalue weighted by Gasteiger charge is -2.08. The van der Waals surface area contributed by atoms with E-state index in [4.69, 9.17) is 0 Å². The normalized spacial score (nSPS) is 9.31. The summed E-state index contributed by atoms with van der Waals surface area (Å²) in [6.45, 7) is 1.03. The Morgan fingerprint density at radius 3 is 1.92 bits per heavy atom. The van der Waals surface area contributed by atoms with Crippen LogP contribution in [-0.2, 0) is 6.54 Å². The largest absolute Gasteiger partial charge is 0.323 e. The molecule has 1 N–H and O–H groups in total. The summed E-state index contributed by atoms with van der Waals surface area (Å²) in [5, 5.41) is 2.75. The molecule has 2 heteroatoms. The molecule has 0 spiro atoms. The second-order valence-electron chi connectivity index (χ2n) is 3.22. The summed E-state index contributed by atoms with van der Waals surface area (Å²) in [6, 6.07) is 10.5. The predicted octanol–water partition coefficient (Wildman–Crippen LogP) is 1.58. The van der Waals surface area contributed by atoms with Crippen molar-refractivity contribution < 1.29 is 0 Å². The van der Waals surface area contributed by atoms with Gasteiger partial charge >= 0.3 is 0 Å². The number of nitrogens with zero attached hydrogens (tertiary/aromatic N) is 1. The van der Waals surface area contributed by atoms with Gasteiger partial charge in [-0.1, -0.05) is 30.3 Å². The third-order valence-corrected chi connectivity index (χ3v) is 1.34. The minimum Gasteiger partial charge on any atom is -0.323 e. The second-order valence-corrected chi connectivity index (χ2v) is 3.22. The summed E-state index contributed by atoms with van der Waals surface area (Å²) < 4.78 is 0. The molecule has 0 bridgehead atoms. The molecular formula is C11H20N2. The Kier molecular flexibility index (Phi) is 7.26. The van der Waals surface area contributed by atoms with E-state index in [-0.39, 0.29) is 0 Å². The van der Waals surface area contributed by atoms with E-state index in [0.717, 1.165) is 6.54 Å². The Hall–Kier alpha value is -0.860. The lowest BCUT2D eigenvalue weighted by molar-refractivity contribution is 0.402. The fourth-order valence-electron chi connectivity index (χ4n) is 0.949. The van der Waals surface area contributed by atoms with Crippen LogP contribution in [0.1, 0.15) is 5.56 Å². The summed E-state index contributed by atoms with van der Waals surface area (Å²) in [7, 11) is 7.90. The van der Waals surface area contributed by atoms with E-state index in [1.807, 2.05) is 20.2 Å². The molecule has 0 aliphatic heterocycles. The molecule has 0 fully saturated rings. The zero-order chi connectivity index (χ0) is 10.1. The van der Waals surface area contributed by atoms with Crippen LogP contribution in [0.4, 0.5) is 0 Å². The van der Waals surface area contributed by atoms with Crippen molar-refractivity contribution >= 4 is 0 Å². The van der Waals surface area contributed by atoms with Gasteiger partial charge in [-0.05, 0) is 33.8 Å². The first-order valence-corrected chi connectivity index (χ1v) is 4.47. The monoisotopic (exact) mass is 180 g/mol. The van der Waals surface area contributed by atoms with E-state index in [1.54, 1.807) is 0 Å². The lowest BCUT2D eigenvalue weighted by Crippen LogP contribution is -2.10. The molecule has 1 aromatic carbocycles. The van der Waals surface area contributed by atoms with Crippen LogP contribution in [-0.4, -0.2) is 33.1 Å². The highest BCUT2D eigenvalue weighted by Gasteiger charge is 1.90. The lowest BCUT2D eigenvalue weighted by atomic mass is 10.2. The van der Waals surface area contributed by atoms with E-state index in [9.17, 15) is 0 Å². The van der Waals surface area contributed by atoms with Crippen LogP contribution in [0.25, 0.3) is 0 Å². The van der Waals surface area contributed by atoms with Gasteiger partial charge in [0.25, 0.3) is 0 Å². The summed E-state index contributed by atoms with van der Waals surface area (Å²) in [4.78, 5) is 2.16. The van der Waals surface area contributed by atoms with Crippen LogP contribution in [0.5, 0.6) is 0 Å². The average molecular weight is 180 g/mol. The molecular weight excluding hydrogens is 160 g/mol. The van der Waals surface area contributed by atoms with Crippen molar-refractivity contribution in [1.82, 2.24) is 10.2 Å². The Balaban J connectivity index is 0.000000424. The van der Waals surface area contributed by atoms with Crippen molar-refractivity contribution in [3.05, 3.63) is 35.9 Å². The molecule has 0 atom stereocenters. The fraction of sp³-hybridized carbons (Fsp3) is 0.455. The van der Waals surface area contributed by atoms with Crippen LogP contribution in [0, 0.1) is 0 Å². The Morgan fingerprint density at radius 2 is 1.54 bits per heavy atom. The van der Waals surface area contributed by atoms with Gasteiger partial charge in [-0.2, -0.15) is 0 Å². The number of benzene rings is 1. The molecule has 0 heterocycles. The minimum absolute atomic E-state index is 1.03. The van der Waals surface area contributed by atoms with Gasteiger partial charge in [0, 0.05) is 6.54 Å². The maximum atomic E-state index is 2.75. The van der Waals surface area contributed by atoms with E-state index in [0.29, 0.717) is 0 Å². The molecule has 2 nitrogen and oxygen atoms in total. The van der Waals surface area contributed by atoms with E-state index >= 15 is 0 Å². The van der Waals surface area contributed by atoms with E-state index < -0.39 is 0 Å². The molecule has 0 saturated carbocycles. The number of nitrogens with one attached hydrogen (secondary N) is 1. The first kappa shape index (κ1) is 12.1. The molecule has 0 aromatic heterocycles. The van der Waals surface area contributed by atoms with Gasteiger partial charge in [0.1, 0.15) is 0 Å². The van der Waals surface area contributed by atoms with Crippen LogP contribution < -0.4 is 5.32 Å². The van der Waals surface area contributed by atoms with Crippen molar-refractivity contribution in [3.63, 3.8) is 0 Å². The van der Waals surface area contributed by atoms with Crippen molar-refractivity contribution in [1.29, 1.82) is 0 Å². The van der Waals surface area contributed by atoms with Gasteiger partial charge < -0.3 is 10.2 Å². The topological polar surface area (TPSA) is 15.3 Å². The molecule has 13 heavy (non-hydrogen) atoms. The van der Waals surface area contributed by atoms with Crippen molar-refractivity contribution in [2.75, 3.05) is 28.2 Å². The molecule has 0 aliphatic rings. The molecule has 1 aromatic rings. The number of rotatable bonds is 2. The maximum Gasteiger partial charge on any atom is 0.0227 e. The van der Waals surface area contributed by atoms with Gasteiger partial charge in [-0.15, -0.1) is 0 Å². The summed E-state index contributed by atoms with van der Waals surface area (Å²) in [5.41, 5.74) is 1.37. The Morgan fingerprint density at radius 1 is 1.08 bits per heavy atom. The molecule has 0 aliphatic carbocycles. The minimum atomic E-state index is 1.03. The molecule has 1 rings (SSSR count). The van der Waals surface area contributed by atoms with Gasteiger partial charge in [-0.25, -0.2) is 0 Å². The van der Waals surface area contributed by atoms with Gasteiger partial charge in [-0.3, -0.25) is 0 Å². The number of hydrogen-bond acceptors (Lipinski definition) is 2. The molecule has 0 amide bonds. The molecule has 0 radical (unpaired) electrons. The summed E-state index contributed by atoms with van der Waals surface area (Å²) >= 11 is 0. The van der Waals surface area contributed by atoms with E-state index in [1.165, 1.54) is 5.56 Å². The van der Waals surface area contributed by atoms with Crippen molar-refractivity contribution in [2.24, 2.45) is 0 Å². The summed E-state index contributed by atoms with van der Waals surface area (Å²) in [6.07, 6.45) is 0. The zero-order valence-electron chi connectivity index (χ0n) is 9.04. The van der Waals surface area contributed by atoms with Crippen molar-refractivity contribution in [2.45, 2.75) is 6.54 Å². The third-order valence-electron chi connectivity index (χ3n) is 1.34. The highest BCUT2D eigenvalue weighted by atomic mass is 15.0. The van der Waals surface area contributed by atoms with Crippen LogP contribution in [0.3, 0.4) is 0 Å². The maximum absolute atomic E-state index is 2.75.